The van der Waals surface area contributed by atoms with Gasteiger partial charge in [-0.2, -0.15) is 0 Å². The van der Waals surface area contributed by atoms with Crippen LogP contribution in [0.15, 0.2) is 48.5 Å². The zero-order valence-electron chi connectivity index (χ0n) is 16.2. The van der Waals surface area contributed by atoms with Crippen LogP contribution in [0.1, 0.15) is 28.8 Å². The van der Waals surface area contributed by atoms with Gasteiger partial charge in [0, 0.05) is 43.5 Å². The van der Waals surface area contributed by atoms with E-state index in [0.29, 0.717) is 29.3 Å². The number of hydrogen-bond acceptors (Lipinski definition) is 5. The lowest BCUT2D eigenvalue weighted by Gasteiger charge is -2.34. The molecule has 0 amide bonds. The number of aryl methyl sites for hydroxylation is 1. The van der Waals surface area contributed by atoms with E-state index < -0.39 is 0 Å². The number of ether oxygens (including phenoxy) is 2. The van der Waals surface area contributed by atoms with E-state index in [2.05, 4.69) is 16.0 Å². The molecule has 6 nitrogen and oxygen atoms in total. The molecule has 29 heavy (non-hydrogen) atoms. The Labute approximate surface area is 168 Å². The molecule has 0 saturated carbocycles. The minimum atomic E-state index is -0.0764. The number of pyridine rings is 1. The van der Waals surface area contributed by atoms with E-state index in [1.807, 2.05) is 48.3 Å². The second-order valence-corrected chi connectivity index (χ2v) is 8.02. The molecule has 1 aromatic carbocycles. The third-order valence-corrected chi connectivity index (χ3v) is 6.11. The van der Waals surface area contributed by atoms with Gasteiger partial charge in [0.05, 0.1) is 23.5 Å². The Kier molecular flexibility index (Phi) is 3.59. The lowest BCUT2D eigenvalue weighted by atomic mass is 10.1. The van der Waals surface area contributed by atoms with E-state index >= 15 is 0 Å². The van der Waals surface area contributed by atoms with Crippen LogP contribution in [0, 0.1) is 0 Å². The minimum Gasteiger partial charge on any atom is -0.452 e. The smallest absolute Gasteiger partial charge is 0.231 e. The number of aromatic nitrogens is 2. The molecule has 3 aliphatic heterocycles. The van der Waals surface area contributed by atoms with Gasteiger partial charge >= 0.3 is 0 Å². The summed E-state index contributed by atoms with van der Waals surface area (Å²) in [5.74, 6) is 0.898. The first kappa shape index (κ1) is 16.8. The fourth-order valence-electron chi connectivity index (χ4n) is 4.78. The molecule has 2 unspecified atom stereocenters. The zero-order chi connectivity index (χ0) is 19.5. The summed E-state index contributed by atoms with van der Waals surface area (Å²) < 4.78 is 13.9. The summed E-state index contributed by atoms with van der Waals surface area (Å²) in [5, 5.41) is 1.05. The van der Waals surface area contributed by atoms with Gasteiger partial charge in [0.1, 0.15) is 11.4 Å². The molecule has 2 bridgehead atoms. The summed E-state index contributed by atoms with van der Waals surface area (Å²) in [5.41, 5.74) is 3.60. The lowest BCUT2D eigenvalue weighted by Crippen LogP contribution is -2.42. The highest BCUT2D eigenvalue weighted by molar-refractivity contribution is 6.15. The second kappa shape index (κ2) is 6.19. The molecule has 146 valence electrons. The van der Waals surface area contributed by atoms with Crippen LogP contribution in [0.25, 0.3) is 17.1 Å². The van der Waals surface area contributed by atoms with Crippen LogP contribution < -0.4 is 9.64 Å². The summed E-state index contributed by atoms with van der Waals surface area (Å²) in [6.07, 6.45) is 8.59. The number of carbonyl (C=O) groups excluding carboxylic acids is 1. The first-order chi connectivity index (χ1) is 14.2. The molecule has 2 saturated heterocycles. The Bertz CT molecular complexity index is 1170. The predicted molar refractivity (Wildman–Crippen MR) is 110 cm³/mol. The Morgan fingerprint density at radius 1 is 1.14 bits per heavy atom. The van der Waals surface area contributed by atoms with Crippen LogP contribution in [0.3, 0.4) is 0 Å². The van der Waals surface area contributed by atoms with E-state index in [1.165, 1.54) is 0 Å². The molecule has 0 N–H and O–H groups in total. The van der Waals surface area contributed by atoms with E-state index in [4.69, 9.17) is 9.47 Å². The van der Waals surface area contributed by atoms with Gasteiger partial charge in [-0.3, -0.25) is 4.79 Å². The van der Waals surface area contributed by atoms with E-state index in [0.717, 1.165) is 48.2 Å². The van der Waals surface area contributed by atoms with E-state index in [-0.39, 0.29) is 5.78 Å². The third kappa shape index (κ3) is 2.59. The first-order valence-corrected chi connectivity index (χ1v) is 10.0. The highest BCUT2D eigenvalue weighted by Gasteiger charge is 2.35. The first-order valence-electron chi connectivity index (χ1n) is 10.0. The Morgan fingerprint density at radius 2 is 1.93 bits per heavy atom. The van der Waals surface area contributed by atoms with Crippen molar-refractivity contribution >= 4 is 28.6 Å². The number of hydrogen-bond donors (Lipinski definition) is 0. The van der Waals surface area contributed by atoms with Gasteiger partial charge in [0.25, 0.3) is 0 Å². The van der Waals surface area contributed by atoms with Crippen LogP contribution in [0.4, 0.5) is 5.69 Å². The molecule has 6 rings (SSSR count). The third-order valence-electron chi connectivity index (χ3n) is 6.11. The van der Waals surface area contributed by atoms with Crippen LogP contribution in [-0.2, 0) is 11.8 Å². The molecular formula is C23H21N3O3. The molecule has 0 spiro atoms. The Balaban J connectivity index is 1.46. The number of nitrogens with zero attached hydrogens (tertiary/aromatic N) is 3. The molecule has 2 aromatic heterocycles. The molecule has 6 heteroatoms. The zero-order valence-corrected chi connectivity index (χ0v) is 16.2. The number of ketones is 1. The average molecular weight is 387 g/mol. The van der Waals surface area contributed by atoms with Gasteiger partial charge in [0.2, 0.25) is 5.78 Å². The molecule has 3 aromatic rings. The molecular weight excluding hydrogens is 366 g/mol. The topological polar surface area (TPSA) is 56.6 Å². The fraction of sp³-hybridized carbons (Fsp3) is 0.304. The van der Waals surface area contributed by atoms with Crippen LogP contribution in [0.2, 0.25) is 0 Å². The number of para-hydroxylation sites is 1. The molecule has 2 atom stereocenters. The van der Waals surface area contributed by atoms with Crippen molar-refractivity contribution in [3.8, 4) is 5.75 Å². The number of benzene rings is 1. The number of allylic oxidation sites excluding steroid dienone is 1. The standard InChI is InChI=1S/C23H21N3O3/c1-25-11-14(10-20-22(27)17-4-2-3-5-19(17)29-20)21-18(8-9-24-23(21)25)26-12-15-6-7-16(13-26)28-15/h2-5,8-11,15-16H,6-7,12-13H2,1H3/b20-10-. The summed E-state index contributed by atoms with van der Waals surface area (Å²) in [6.45, 7) is 1.78. The van der Waals surface area contributed by atoms with Crippen molar-refractivity contribution in [3.63, 3.8) is 0 Å². The molecule has 3 aliphatic rings. The van der Waals surface area contributed by atoms with Crippen molar-refractivity contribution in [1.29, 1.82) is 0 Å². The van der Waals surface area contributed by atoms with Crippen molar-refractivity contribution in [2.24, 2.45) is 7.05 Å². The second-order valence-electron chi connectivity index (χ2n) is 8.02. The predicted octanol–water partition coefficient (Wildman–Crippen LogP) is 3.56. The molecule has 5 heterocycles. The Morgan fingerprint density at radius 3 is 2.72 bits per heavy atom. The van der Waals surface area contributed by atoms with Gasteiger partial charge < -0.3 is 18.9 Å². The highest BCUT2D eigenvalue weighted by Crippen LogP contribution is 2.37. The van der Waals surface area contributed by atoms with Gasteiger partial charge in [-0.05, 0) is 37.1 Å². The average Bonchev–Trinajstić information content (AvgIpc) is 3.36. The van der Waals surface area contributed by atoms with E-state index in [9.17, 15) is 4.79 Å². The van der Waals surface area contributed by atoms with Crippen molar-refractivity contribution in [2.75, 3.05) is 18.0 Å². The van der Waals surface area contributed by atoms with Crippen LogP contribution >= 0.6 is 0 Å². The summed E-state index contributed by atoms with van der Waals surface area (Å²) in [6, 6.07) is 9.43. The monoisotopic (exact) mass is 387 g/mol. The van der Waals surface area contributed by atoms with Gasteiger partial charge in [-0.25, -0.2) is 4.98 Å². The SMILES string of the molecule is Cn1cc(/C=C2\Oc3ccccc3C2=O)c2c(N3CC4CCC(C3)O4)ccnc21. The summed E-state index contributed by atoms with van der Waals surface area (Å²) in [7, 11) is 1.98. The van der Waals surface area contributed by atoms with Crippen LogP contribution in [0.5, 0.6) is 5.75 Å². The number of anilines is 1. The van der Waals surface area contributed by atoms with Crippen molar-refractivity contribution < 1.29 is 14.3 Å². The molecule has 0 aliphatic carbocycles. The van der Waals surface area contributed by atoms with Crippen molar-refractivity contribution in [3.05, 3.63) is 59.6 Å². The number of fused-ring (bicyclic) bond motifs is 4. The van der Waals surface area contributed by atoms with Gasteiger partial charge in [-0.1, -0.05) is 12.1 Å². The maximum atomic E-state index is 12.8. The van der Waals surface area contributed by atoms with Gasteiger partial charge in [0.15, 0.2) is 5.76 Å². The summed E-state index contributed by atoms with van der Waals surface area (Å²) in [4.78, 5) is 19.8. The molecule has 2 fully saturated rings. The number of carbonyl (C=O) groups is 1. The minimum absolute atomic E-state index is 0.0764. The lowest BCUT2D eigenvalue weighted by molar-refractivity contribution is 0.0306. The van der Waals surface area contributed by atoms with Crippen molar-refractivity contribution in [2.45, 2.75) is 25.0 Å². The van der Waals surface area contributed by atoms with E-state index in [1.54, 1.807) is 6.07 Å². The quantitative estimate of drug-likeness (QED) is 0.630. The summed E-state index contributed by atoms with van der Waals surface area (Å²) >= 11 is 0. The normalized spacial score (nSPS) is 24.4. The maximum absolute atomic E-state index is 12.8. The van der Waals surface area contributed by atoms with Crippen molar-refractivity contribution in [1.82, 2.24) is 9.55 Å². The number of Topliss-reactive ketones (excluding diaryl/α,β-unsaturated/α-hetero) is 1. The maximum Gasteiger partial charge on any atom is 0.231 e. The Hall–Kier alpha value is -3.12. The highest BCUT2D eigenvalue weighted by atomic mass is 16.5. The molecule has 0 radical (unpaired) electrons. The largest absolute Gasteiger partial charge is 0.452 e. The van der Waals surface area contributed by atoms with Crippen LogP contribution in [-0.4, -0.2) is 40.6 Å². The van der Waals surface area contributed by atoms with Gasteiger partial charge in [-0.15, -0.1) is 0 Å². The fourth-order valence-corrected chi connectivity index (χ4v) is 4.78. The number of morpholine rings is 1. The number of rotatable bonds is 2.